The first kappa shape index (κ1) is 16.9. The number of likely N-dealkylation sites (tertiary alicyclic amines) is 1. The highest BCUT2D eigenvalue weighted by Crippen LogP contribution is 2.30. The van der Waals surface area contributed by atoms with Gasteiger partial charge in [0, 0.05) is 25.7 Å². The predicted octanol–water partition coefficient (Wildman–Crippen LogP) is 2.50. The van der Waals surface area contributed by atoms with Crippen LogP contribution in [0.3, 0.4) is 0 Å². The number of piperidine rings is 1. The normalized spacial score (nSPS) is 25.7. The lowest BCUT2D eigenvalue weighted by molar-refractivity contribution is 0.110. The third-order valence-corrected chi connectivity index (χ3v) is 3.89. The number of aliphatic hydroxyl groups excluding tert-OH is 1. The van der Waals surface area contributed by atoms with Crippen molar-refractivity contribution in [2.45, 2.75) is 59.4 Å². The van der Waals surface area contributed by atoms with Crippen LogP contribution >= 0.6 is 0 Å². The fraction of sp³-hybridized carbons (Fsp3) is 1.00. The van der Waals surface area contributed by atoms with Crippen LogP contribution in [0.2, 0.25) is 0 Å². The highest BCUT2D eigenvalue weighted by atomic mass is 16.3. The molecule has 0 spiro atoms. The van der Waals surface area contributed by atoms with Gasteiger partial charge in [0.1, 0.15) is 0 Å². The summed E-state index contributed by atoms with van der Waals surface area (Å²) >= 11 is 0. The highest BCUT2D eigenvalue weighted by Gasteiger charge is 2.29. The molecular weight excluding hydrogens is 236 g/mol. The first-order valence-electron chi connectivity index (χ1n) is 8.01. The van der Waals surface area contributed by atoms with Gasteiger partial charge in [-0.3, -0.25) is 0 Å². The van der Waals surface area contributed by atoms with Gasteiger partial charge in [0.15, 0.2) is 0 Å². The second-order valence-corrected chi connectivity index (χ2v) is 7.35. The molecule has 19 heavy (non-hydrogen) atoms. The molecule has 0 radical (unpaired) electrons. The summed E-state index contributed by atoms with van der Waals surface area (Å²) in [6.45, 7) is 13.9. The van der Waals surface area contributed by atoms with Crippen molar-refractivity contribution in [2.24, 2.45) is 11.3 Å². The average molecular weight is 270 g/mol. The molecule has 0 aromatic rings. The van der Waals surface area contributed by atoms with Gasteiger partial charge in [-0.15, -0.1) is 0 Å². The van der Waals surface area contributed by atoms with Crippen LogP contribution in [-0.4, -0.2) is 48.8 Å². The van der Waals surface area contributed by atoms with E-state index in [1.807, 2.05) is 0 Å². The molecule has 3 nitrogen and oxygen atoms in total. The number of aliphatic hydroxyl groups is 1. The first-order chi connectivity index (χ1) is 8.94. The molecular formula is C16H34N2O. The summed E-state index contributed by atoms with van der Waals surface area (Å²) in [6.07, 6.45) is 5.14. The number of nitrogens with zero attached hydrogens (tertiary/aromatic N) is 1. The number of hydrogen-bond donors (Lipinski definition) is 2. The van der Waals surface area contributed by atoms with Gasteiger partial charge in [-0.05, 0) is 37.1 Å². The van der Waals surface area contributed by atoms with E-state index >= 15 is 0 Å². The van der Waals surface area contributed by atoms with Crippen molar-refractivity contribution >= 4 is 0 Å². The molecule has 0 bridgehead atoms. The summed E-state index contributed by atoms with van der Waals surface area (Å²) in [5, 5.41) is 12.5. The number of rotatable bonds is 7. The first-order valence-corrected chi connectivity index (χ1v) is 8.01. The molecule has 1 aliphatic heterocycles. The van der Waals surface area contributed by atoms with E-state index < -0.39 is 0 Å². The second kappa shape index (κ2) is 8.23. The van der Waals surface area contributed by atoms with Crippen molar-refractivity contribution in [2.75, 3.05) is 32.8 Å². The van der Waals surface area contributed by atoms with Gasteiger partial charge >= 0.3 is 0 Å². The minimum Gasteiger partial charge on any atom is -0.395 e. The smallest absolute Gasteiger partial charge is 0.0556 e. The fourth-order valence-electron chi connectivity index (χ4n) is 3.30. The topological polar surface area (TPSA) is 35.5 Å². The Bertz CT molecular complexity index is 221. The lowest BCUT2D eigenvalue weighted by Gasteiger charge is -2.40. The molecule has 2 N–H and O–H groups in total. The van der Waals surface area contributed by atoms with E-state index in [0.717, 1.165) is 19.0 Å². The van der Waals surface area contributed by atoms with Crippen LogP contribution in [0.4, 0.5) is 0 Å². The van der Waals surface area contributed by atoms with Crippen molar-refractivity contribution in [3.63, 3.8) is 0 Å². The maximum absolute atomic E-state index is 8.98. The Morgan fingerprint density at radius 1 is 1.26 bits per heavy atom. The highest BCUT2D eigenvalue weighted by molar-refractivity contribution is 4.85. The van der Waals surface area contributed by atoms with Crippen molar-refractivity contribution in [1.82, 2.24) is 10.2 Å². The predicted molar refractivity (Wildman–Crippen MR) is 82.4 cm³/mol. The summed E-state index contributed by atoms with van der Waals surface area (Å²) in [5.74, 6) is 0.793. The van der Waals surface area contributed by atoms with Gasteiger partial charge in [0.05, 0.1) is 6.61 Å². The second-order valence-electron chi connectivity index (χ2n) is 7.35. The van der Waals surface area contributed by atoms with E-state index in [2.05, 4.69) is 37.9 Å². The van der Waals surface area contributed by atoms with Crippen molar-refractivity contribution in [1.29, 1.82) is 0 Å². The van der Waals surface area contributed by atoms with Gasteiger partial charge in [0.25, 0.3) is 0 Å². The number of nitrogens with one attached hydrogen (secondary N) is 1. The standard InChI is InChI=1S/C16H34N2O/c1-5-6-8-18-12-14(11-16(2,3)4)10-15(13-18)17-7-9-19/h14-15,17,19H,5-13H2,1-4H3. The van der Waals surface area contributed by atoms with E-state index in [4.69, 9.17) is 5.11 Å². The van der Waals surface area contributed by atoms with Gasteiger partial charge in [-0.2, -0.15) is 0 Å². The van der Waals surface area contributed by atoms with E-state index in [9.17, 15) is 0 Å². The van der Waals surface area contributed by atoms with Crippen LogP contribution in [0.5, 0.6) is 0 Å². The largest absolute Gasteiger partial charge is 0.395 e. The minimum absolute atomic E-state index is 0.245. The molecule has 1 fully saturated rings. The molecule has 3 heteroatoms. The molecule has 1 rings (SSSR count). The quantitative estimate of drug-likeness (QED) is 0.746. The van der Waals surface area contributed by atoms with E-state index in [-0.39, 0.29) is 6.61 Å². The monoisotopic (exact) mass is 270 g/mol. The Labute approximate surface area is 119 Å². The van der Waals surface area contributed by atoms with Crippen LogP contribution < -0.4 is 5.32 Å². The zero-order valence-electron chi connectivity index (χ0n) is 13.4. The zero-order valence-corrected chi connectivity index (χ0v) is 13.4. The molecule has 0 aromatic carbocycles. The summed E-state index contributed by atoms with van der Waals surface area (Å²) < 4.78 is 0. The van der Waals surface area contributed by atoms with E-state index in [1.165, 1.54) is 38.8 Å². The fourth-order valence-corrected chi connectivity index (χ4v) is 3.30. The Morgan fingerprint density at radius 2 is 2.00 bits per heavy atom. The Hall–Kier alpha value is -0.120. The van der Waals surface area contributed by atoms with Crippen LogP contribution in [0.1, 0.15) is 53.4 Å². The molecule has 0 saturated carbocycles. The van der Waals surface area contributed by atoms with Crippen LogP contribution in [0, 0.1) is 11.3 Å². The summed E-state index contributed by atoms with van der Waals surface area (Å²) in [5.41, 5.74) is 0.417. The molecule has 0 aliphatic carbocycles. The molecule has 1 saturated heterocycles. The molecule has 1 aliphatic rings. The Kier molecular flexibility index (Phi) is 7.33. The summed E-state index contributed by atoms with van der Waals surface area (Å²) in [7, 11) is 0. The summed E-state index contributed by atoms with van der Waals surface area (Å²) in [4.78, 5) is 2.62. The van der Waals surface area contributed by atoms with Crippen LogP contribution in [0.25, 0.3) is 0 Å². The van der Waals surface area contributed by atoms with Crippen molar-refractivity contribution < 1.29 is 5.11 Å². The van der Waals surface area contributed by atoms with E-state index in [0.29, 0.717) is 11.5 Å². The lowest BCUT2D eigenvalue weighted by atomic mass is 9.80. The molecule has 114 valence electrons. The third kappa shape index (κ3) is 7.28. The zero-order chi connectivity index (χ0) is 14.3. The van der Waals surface area contributed by atoms with Crippen molar-refractivity contribution in [3.05, 3.63) is 0 Å². The maximum Gasteiger partial charge on any atom is 0.0556 e. The van der Waals surface area contributed by atoms with Crippen LogP contribution in [-0.2, 0) is 0 Å². The summed E-state index contributed by atoms with van der Waals surface area (Å²) in [6, 6.07) is 0.560. The average Bonchev–Trinajstić information content (AvgIpc) is 2.31. The number of unbranched alkanes of at least 4 members (excludes halogenated alkanes) is 1. The Morgan fingerprint density at radius 3 is 2.58 bits per heavy atom. The van der Waals surface area contributed by atoms with Gasteiger partial charge < -0.3 is 15.3 Å². The molecule has 2 unspecified atom stereocenters. The third-order valence-electron chi connectivity index (χ3n) is 3.89. The molecule has 1 heterocycles. The van der Waals surface area contributed by atoms with Gasteiger partial charge in [0.2, 0.25) is 0 Å². The molecule has 0 amide bonds. The molecule has 0 aromatic heterocycles. The van der Waals surface area contributed by atoms with Crippen molar-refractivity contribution in [3.8, 4) is 0 Å². The molecule has 2 atom stereocenters. The lowest BCUT2D eigenvalue weighted by Crippen LogP contribution is -2.50. The van der Waals surface area contributed by atoms with Crippen LogP contribution in [0.15, 0.2) is 0 Å². The maximum atomic E-state index is 8.98. The SMILES string of the molecule is CCCCN1CC(CC(C)(C)C)CC(NCCO)C1. The minimum atomic E-state index is 0.245. The van der Waals surface area contributed by atoms with E-state index in [1.54, 1.807) is 0 Å². The number of hydrogen-bond acceptors (Lipinski definition) is 3. The van der Waals surface area contributed by atoms with Gasteiger partial charge in [-0.25, -0.2) is 0 Å². The van der Waals surface area contributed by atoms with Gasteiger partial charge in [-0.1, -0.05) is 34.1 Å². The Balaban J connectivity index is 2.50.